The molecule has 19 heavy (non-hydrogen) atoms. The Bertz CT molecular complexity index is 549. The topological polar surface area (TPSA) is 74.2 Å². The van der Waals surface area contributed by atoms with Crippen LogP contribution in [0.3, 0.4) is 0 Å². The highest BCUT2D eigenvalue weighted by molar-refractivity contribution is 5.67. The van der Waals surface area contributed by atoms with Gasteiger partial charge in [0.1, 0.15) is 0 Å². The summed E-state index contributed by atoms with van der Waals surface area (Å²) in [7, 11) is 0. The van der Waals surface area contributed by atoms with Crippen LogP contribution >= 0.6 is 0 Å². The van der Waals surface area contributed by atoms with E-state index in [-0.39, 0.29) is 0 Å². The monoisotopic (exact) mass is 259 g/mol. The van der Waals surface area contributed by atoms with Crippen LogP contribution < -0.4 is 5.73 Å². The Labute approximate surface area is 112 Å². The number of hydrogen-bond acceptors (Lipinski definition) is 5. The summed E-state index contributed by atoms with van der Waals surface area (Å²) >= 11 is 0. The molecule has 0 aliphatic carbocycles. The molecule has 0 saturated carbocycles. The Morgan fingerprint density at radius 2 is 2.26 bits per heavy atom. The van der Waals surface area contributed by atoms with Crippen molar-refractivity contribution in [3.05, 3.63) is 41.5 Å². The lowest BCUT2D eigenvalue weighted by Gasteiger charge is -1.95. The number of benzene rings is 1. The fourth-order valence-corrected chi connectivity index (χ4v) is 1.57. The largest absolute Gasteiger partial charge is 0.399 e. The molecular formula is C14H17N3O2. The third kappa shape index (κ3) is 4.22. The molecule has 2 N–H and O–H groups in total. The lowest BCUT2D eigenvalue weighted by molar-refractivity contribution is 0.149. The lowest BCUT2D eigenvalue weighted by atomic mass is 10.2. The van der Waals surface area contributed by atoms with Crippen molar-refractivity contribution in [3.63, 3.8) is 0 Å². The molecule has 5 heteroatoms. The molecule has 0 saturated heterocycles. The molecule has 0 atom stereocenters. The van der Waals surface area contributed by atoms with Gasteiger partial charge in [-0.3, -0.25) is 0 Å². The average molecular weight is 259 g/mol. The van der Waals surface area contributed by atoms with Crippen LogP contribution in [0.2, 0.25) is 0 Å². The molecule has 2 rings (SSSR count). The highest BCUT2D eigenvalue weighted by atomic mass is 16.5. The Kier molecular flexibility index (Phi) is 4.69. The summed E-state index contributed by atoms with van der Waals surface area (Å²) in [4.78, 5) is 4.24. The summed E-state index contributed by atoms with van der Waals surface area (Å²) in [6.07, 6.45) is 4.31. The molecular weight excluding hydrogens is 242 g/mol. The summed E-state index contributed by atoms with van der Waals surface area (Å²) in [6, 6.07) is 7.58. The molecule has 1 aromatic carbocycles. The number of anilines is 1. The predicted octanol–water partition coefficient (Wildman–Crippen LogP) is 2.40. The SMILES string of the molecule is CCOCCc1noc(/C=C/c2cccc(N)c2)n1. The molecule has 0 amide bonds. The van der Waals surface area contributed by atoms with Gasteiger partial charge in [-0.15, -0.1) is 0 Å². The second-order valence-electron chi connectivity index (χ2n) is 4.00. The minimum Gasteiger partial charge on any atom is -0.399 e. The Hall–Kier alpha value is -2.14. The van der Waals surface area contributed by atoms with Gasteiger partial charge < -0.3 is 15.0 Å². The summed E-state index contributed by atoms with van der Waals surface area (Å²) in [5.74, 6) is 1.13. The zero-order valence-corrected chi connectivity index (χ0v) is 10.9. The maximum Gasteiger partial charge on any atom is 0.250 e. The smallest absolute Gasteiger partial charge is 0.250 e. The van der Waals surface area contributed by atoms with Crippen LogP contribution in [0, 0.1) is 0 Å². The Balaban J connectivity index is 1.95. The maximum absolute atomic E-state index is 5.70. The van der Waals surface area contributed by atoms with Crippen molar-refractivity contribution >= 4 is 17.8 Å². The van der Waals surface area contributed by atoms with Gasteiger partial charge in [-0.1, -0.05) is 17.3 Å². The van der Waals surface area contributed by atoms with E-state index in [1.807, 2.05) is 37.3 Å². The Morgan fingerprint density at radius 1 is 1.37 bits per heavy atom. The molecule has 100 valence electrons. The zero-order valence-electron chi connectivity index (χ0n) is 10.9. The lowest BCUT2D eigenvalue weighted by Crippen LogP contribution is -1.99. The Morgan fingerprint density at radius 3 is 3.05 bits per heavy atom. The van der Waals surface area contributed by atoms with Gasteiger partial charge in [-0.25, -0.2) is 0 Å². The third-order valence-corrected chi connectivity index (χ3v) is 2.49. The normalized spacial score (nSPS) is 11.2. The van der Waals surface area contributed by atoms with E-state index in [0.717, 1.165) is 11.3 Å². The predicted molar refractivity (Wildman–Crippen MR) is 74.3 cm³/mol. The van der Waals surface area contributed by atoms with Crippen LogP contribution in [0.1, 0.15) is 24.2 Å². The van der Waals surface area contributed by atoms with Crippen molar-refractivity contribution in [1.82, 2.24) is 10.1 Å². The molecule has 0 bridgehead atoms. The molecule has 2 aromatic rings. The number of nitrogens with two attached hydrogens (primary N) is 1. The van der Waals surface area contributed by atoms with Gasteiger partial charge in [0, 0.05) is 24.8 Å². The van der Waals surface area contributed by atoms with Crippen molar-refractivity contribution in [2.24, 2.45) is 0 Å². The highest BCUT2D eigenvalue weighted by Crippen LogP contribution is 2.10. The second kappa shape index (κ2) is 6.70. The molecule has 0 unspecified atom stereocenters. The first-order valence-corrected chi connectivity index (χ1v) is 6.22. The molecule has 1 heterocycles. The summed E-state index contributed by atoms with van der Waals surface area (Å²) in [5, 5.41) is 3.88. The van der Waals surface area contributed by atoms with E-state index in [9.17, 15) is 0 Å². The van der Waals surface area contributed by atoms with Gasteiger partial charge in [-0.05, 0) is 30.7 Å². The molecule has 0 aliphatic heterocycles. The third-order valence-electron chi connectivity index (χ3n) is 2.49. The van der Waals surface area contributed by atoms with Crippen molar-refractivity contribution in [2.45, 2.75) is 13.3 Å². The van der Waals surface area contributed by atoms with Crippen molar-refractivity contribution in [2.75, 3.05) is 18.9 Å². The van der Waals surface area contributed by atoms with E-state index in [4.69, 9.17) is 15.0 Å². The number of nitrogen functional groups attached to an aromatic ring is 1. The van der Waals surface area contributed by atoms with Crippen LogP contribution in [0.5, 0.6) is 0 Å². The van der Waals surface area contributed by atoms with Crippen molar-refractivity contribution in [1.29, 1.82) is 0 Å². The van der Waals surface area contributed by atoms with E-state index in [1.165, 1.54) is 0 Å². The van der Waals surface area contributed by atoms with E-state index in [0.29, 0.717) is 31.3 Å². The summed E-state index contributed by atoms with van der Waals surface area (Å²) in [5.41, 5.74) is 7.42. The molecule has 0 radical (unpaired) electrons. The molecule has 0 spiro atoms. The number of hydrogen-bond donors (Lipinski definition) is 1. The van der Waals surface area contributed by atoms with Crippen LogP contribution in [0.4, 0.5) is 5.69 Å². The van der Waals surface area contributed by atoms with Gasteiger partial charge in [0.25, 0.3) is 5.89 Å². The fourth-order valence-electron chi connectivity index (χ4n) is 1.57. The number of rotatable bonds is 6. The van der Waals surface area contributed by atoms with Gasteiger partial charge in [0.2, 0.25) is 0 Å². The highest BCUT2D eigenvalue weighted by Gasteiger charge is 2.02. The molecule has 0 aliphatic rings. The first-order chi connectivity index (χ1) is 9.28. The van der Waals surface area contributed by atoms with Gasteiger partial charge in [-0.2, -0.15) is 4.98 Å². The van der Waals surface area contributed by atoms with Crippen LogP contribution in [-0.2, 0) is 11.2 Å². The molecule has 0 fully saturated rings. The summed E-state index contributed by atoms with van der Waals surface area (Å²) in [6.45, 7) is 3.25. The molecule has 5 nitrogen and oxygen atoms in total. The van der Waals surface area contributed by atoms with Crippen molar-refractivity contribution < 1.29 is 9.26 Å². The average Bonchev–Trinajstić information content (AvgIpc) is 2.85. The van der Waals surface area contributed by atoms with E-state index >= 15 is 0 Å². The fraction of sp³-hybridized carbons (Fsp3) is 0.286. The number of nitrogens with zero attached hydrogens (tertiary/aromatic N) is 2. The second-order valence-corrected chi connectivity index (χ2v) is 4.00. The number of aromatic nitrogens is 2. The van der Waals surface area contributed by atoms with E-state index < -0.39 is 0 Å². The van der Waals surface area contributed by atoms with Crippen LogP contribution in [-0.4, -0.2) is 23.4 Å². The minimum atomic E-state index is 0.480. The first-order valence-electron chi connectivity index (χ1n) is 6.22. The zero-order chi connectivity index (χ0) is 13.5. The molecule has 1 aromatic heterocycles. The maximum atomic E-state index is 5.70. The minimum absolute atomic E-state index is 0.480. The van der Waals surface area contributed by atoms with Gasteiger partial charge in [0.15, 0.2) is 5.82 Å². The summed E-state index contributed by atoms with van der Waals surface area (Å²) < 4.78 is 10.3. The number of ether oxygens (including phenoxy) is 1. The van der Waals surface area contributed by atoms with Gasteiger partial charge in [0.05, 0.1) is 6.61 Å². The standard InChI is InChI=1S/C14H17N3O2/c1-2-18-9-8-13-16-14(19-17-13)7-6-11-4-3-5-12(15)10-11/h3-7,10H,2,8-9,15H2,1H3/b7-6+. The van der Waals surface area contributed by atoms with Crippen LogP contribution in [0.15, 0.2) is 28.8 Å². The van der Waals surface area contributed by atoms with Crippen molar-refractivity contribution in [3.8, 4) is 0 Å². The van der Waals surface area contributed by atoms with E-state index in [1.54, 1.807) is 6.08 Å². The first kappa shape index (κ1) is 13.3. The quantitative estimate of drug-likeness (QED) is 0.637. The van der Waals surface area contributed by atoms with Crippen LogP contribution in [0.25, 0.3) is 12.2 Å². The van der Waals surface area contributed by atoms with Gasteiger partial charge >= 0.3 is 0 Å². The van der Waals surface area contributed by atoms with E-state index in [2.05, 4.69) is 10.1 Å².